The van der Waals surface area contributed by atoms with E-state index in [4.69, 9.17) is 0 Å². The molecule has 2 aromatic heterocycles. The van der Waals surface area contributed by atoms with Crippen molar-refractivity contribution in [1.29, 1.82) is 0 Å². The minimum atomic E-state index is -0.252. The summed E-state index contributed by atoms with van der Waals surface area (Å²) in [6.07, 6.45) is 4.61. The topological polar surface area (TPSA) is 82.9 Å². The highest BCUT2D eigenvalue weighted by molar-refractivity contribution is 5.83. The van der Waals surface area contributed by atoms with Gasteiger partial charge in [-0.1, -0.05) is 18.9 Å². The van der Waals surface area contributed by atoms with E-state index < -0.39 is 0 Å². The lowest BCUT2D eigenvalue weighted by Gasteiger charge is -2.37. The first-order valence-electron chi connectivity index (χ1n) is 11.4. The number of pyridine rings is 1. The van der Waals surface area contributed by atoms with Crippen LogP contribution in [-0.2, 0) is 0 Å². The number of aromatic nitrogens is 5. The van der Waals surface area contributed by atoms with Crippen LogP contribution >= 0.6 is 0 Å². The molecule has 0 radical (unpaired) electrons. The molecule has 5 rings (SSSR count). The number of aryl methyl sites for hydroxylation is 2. The average Bonchev–Trinajstić information content (AvgIpc) is 3.42. The summed E-state index contributed by atoms with van der Waals surface area (Å²) in [5.41, 5.74) is 3.88. The Labute approximate surface area is 182 Å². The summed E-state index contributed by atoms with van der Waals surface area (Å²) in [5, 5.41) is 14.0. The van der Waals surface area contributed by atoms with Crippen LogP contribution in [-0.4, -0.2) is 68.2 Å². The van der Waals surface area contributed by atoms with Crippen LogP contribution in [0.15, 0.2) is 23.0 Å². The molecule has 0 unspecified atom stereocenters. The first-order valence-corrected chi connectivity index (χ1v) is 11.4. The summed E-state index contributed by atoms with van der Waals surface area (Å²) in [4.78, 5) is 21.2. The first-order chi connectivity index (χ1) is 15.0. The zero-order valence-corrected chi connectivity index (χ0v) is 18.6. The Morgan fingerprint density at radius 1 is 1.06 bits per heavy atom. The normalized spacial score (nSPS) is 20.0. The number of tetrazole rings is 1. The number of nitrogens with one attached hydrogen (secondary N) is 1. The largest absolute Gasteiger partial charge is 0.322 e. The van der Waals surface area contributed by atoms with Gasteiger partial charge in [-0.15, -0.1) is 5.10 Å². The number of aromatic amines is 1. The quantitative estimate of drug-likeness (QED) is 0.697. The third-order valence-corrected chi connectivity index (χ3v) is 6.97. The van der Waals surface area contributed by atoms with Crippen molar-refractivity contribution in [2.75, 3.05) is 33.2 Å². The van der Waals surface area contributed by atoms with Crippen LogP contribution in [0.5, 0.6) is 0 Å². The van der Waals surface area contributed by atoms with E-state index in [0.717, 1.165) is 66.9 Å². The molecule has 1 saturated heterocycles. The van der Waals surface area contributed by atoms with Crippen molar-refractivity contribution < 1.29 is 0 Å². The fourth-order valence-electron chi connectivity index (χ4n) is 5.26. The number of benzene rings is 1. The van der Waals surface area contributed by atoms with Gasteiger partial charge < -0.3 is 9.88 Å². The molecule has 1 N–H and O–H groups in total. The van der Waals surface area contributed by atoms with E-state index in [2.05, 4.69) is 63.3 Å². The number of H-pyrrole nitrogens is 1. The first kappa shape index (κ1) is 20.3. The Hall–Kier alpha value is -2.58. The molecule has 164 valence electrons. The highest BCUT2D eigenvalue weighted by atomic mass is 16.1. The van der Waals surface area contributed by atoms with Crippen LogP contribution in [0.3, 0.4) is 0 Å². The highest BCUT2D eigenvalue weighted by Gasteiger charge is 2.34. The molecule has 8 nitrogen and oxygen atoms in total. The predicted octanol–water partition coefficient (Wildman–Crippen LogP) is 2.58. The molecule has 2 aliphatic rings. The van der Waals surface area contributed by atoms with E-state index in [1.54, 1.807) is 0 Å². The SMILES string of the molecule is Cc1cc(C)c2cc([C@@H](c3nnnn3C3CCCC3)N3CCN(C)CC3)c(=O)[nH]c2c1. The summed E-state index contributed by atoms with van der Waals surface area (Å²) < 4.78 is 2.00. The molecule has 0 bridgehead atoms. The van der Waals surface area contributed by atoms with Gasteiger partial charge in [0.25, 0.3) is 5.56 Å². The van der Waals surface area contributed by atoms with Crippen molar-refractivity contribution in [3.05, 3.63) is 51.1 Å². The minimum Gasteiger partial charge on any atom is -0.322 e. The van der Waals surface area contributed by atoms with Gasteiger partial charge in [0, 0.05) is 42.6 Å². The van der Waals surface area contributed by atoms with Crippen molar-refractivity contribution >= 4 is 10.9 Å². The lowest BCUT2D eigenvalue weighted by molar-refractivity contribution is 0.120. The molecule has 1 saturated carbocycles. The maximum Gasteiger partial charge on any atom is 0.253 e. The van der Waals surface area contributed by atoms with Crippen molar-refractivity contribution in [3.8, 4) is 0 Å². The lowest BCUT2D eigenvalue weighted by atomic mass is 9.99. The Bertz CT molecular complexity index is 1140. The van der Waals surface area contributed by atoms with E-state index in [9.17, 15) is 4.79 Å². The standard InChI is InChI=1S/C23H31N7O/c1-15-12-16(2)18-14-19(23(31)24-20(18)13-15)21(29-10-8-28(3)9-11-29)22-25-26-27-30(22)17-6-4-5-7-17/h12-14,17,21H,4-11H2,1-3H3,(H,24,31)/t21-/m0/s1. The van der Waals surface area contributed by atoms with Crippen molar-refractivity contribution in [3.63, 3.8) is 0 Å². The maximum atomic E-state index is 13.4. The van der Waals surface area contributed by atoms with E-state index in [1.165, 1.54) is 18.4 Å². The van der Waals surface area contributed by atoms with Crippen LogP contribution in [0.1, 0.15) is 60.3 Å². The Kier molecular flexibility index (Phi) is 5.35. The van der Waals surface area contributed by atoms with E-state index >= 15 is 0 Å². The molecule has 1 aliphatic carbocycles. The number of piperazine rings is 1. The van der Waals surface area contributed by atoms with Gasteiger partial charge in [0.2, 0.25) is 0 Å². The number of rotatable bonds is 4. The van der Waals surface area contributed by atoms with Gasteiger partial charge >= 0.3 is 0 Å². The number of hydrogen-bond donors (Lipinski definition) is 1. The second-order valence-electron chi connectivity index (χ2n) is 9.26. The molecule has 0 amide bonds. The fraction of sp³-hybridized carbons (Fsp3) is 0.565. The second-order valence-corrected chi connectivity index (χ2v) is 9.26. The number of nitrogens with zero attached hydrogens (tertiary/aromatic N) is 6. The summed E-state index contributed by atoms with van der Waals surface area (Å²) in [6, 6.07) is 6.35. The van der Waals surface area contributed by atoms with Crippen molar-refractivity contribution in [1.82, 2.24) is 35.0 Å². The average molecular weight is 422 g/mol. The molecule has 31 heavy (non-hydrogen) atoms. The predicted molar refractivity (Wildman–Crippen MR) is 120 cm³/mol. The van der Waals surface area contributed by atoms with Crippen LogP contribution in [0.25, 0.3) is 10.9 Å². The highest BCUT2D eigenvalue weighted by Crippen LogP contribution is 2.34. The van der Waals surface area contributed by atoms with Gasteiger partial charge in [-0.2, -0.15) is 0 Å². The van der Waals surface area contributed by atoms with E-state index in [1.807, 2.05) is 10.7 Å². The molecule has 0 spiro atoms. The van der Waals surface area contributed by atoms with Gasteiger partial charge in [-0.25, -0.2) is 4.68 Å². The molecule has 3 aromatic rings. The summed E-state index contributed by atoms with van der Waals surface area (Å²) in [6.45, 7) is 7.84. The maximum absolute atomic E-state index is 13.4. The smallest absolute Gasteiger partial charge is 0.253 e. The summed E-state index contributed by atoms with van der Waals surface area (Å²) in [7, 11) is 2.14. The minimum absolute atomic E-state index is 0.0533. The zero-order valence-electron chi connectivity index (χ0n) is 18.6. The third-order valence-electron chi connectivity index (χ3n) is 6.97. The van der Waals surface area contributed by atoms with Gasteiger partial charge in [0.1, 0.15) is 6.04 Å². The van der Waals surface area contributed by atoms with Crippen LogP contribution in [0.2, 0.25) is 0 Å². The van der Waals surface area contributed by atoms with Crippen molar-refractivity contribution in [2.45, 2.75) is 51.6 Å². The monoisotopic (exact) mass is 421 g/mol. The Balaban J connectivity index is 1.66. The summed E-state index contributed by atoms with van der Waals surface area (Å²) >= 11 is 0. The van der Waals surface area contributed by atoms with Crippen LogP contribution < -0.4 is 5.56 Å². The van der Waals surface area contributed by atoms with Crippen molar-refractivity contribution in [2.24, 2.45) is 0 Å². The van der Waals surface area contributed by atoms with E-state index in [0.29, 0.717) is 6.04 Å². The molecule has 8 heteroatoms. The van der Waals surface area contributed by atoms with Gasteiger partial charge in [-0.05, 0) is 67.4 Å². The fourth-order valence-corrected chi connectivity index (χ4v) is 5.26. The summed E-state index contributed by atoms with van der Waals surface area (Å²) in [5.74, 6) is 0.797. The van der Waals surface area contributed by atoms with Crippen LogP contribution in [0, 0.1) is 13.8 Å². The van der Waals surface area contributed by atoms with E-state index in [-0.39, 0.29) is 11.6 Å². The number of fused-ring (bicyclic) bond motifs is 1. The van der Waals surface area contributed by atoms with Gasteiger partial charge in [0.15, 0.2) is 5.82 Å². The van der Waals surface area contributed by atoms with Crippen LogP contribution in [0.4, 0.5) is 0 Å². The molecule has 1 atom stereocenters. The molecular formula is C23H31N7O. The molecule has 3 heterocycles. The number of likely N-dealkylation sites (N-methyl/N-ethyl adjacent to an activating group) is 1. The van der Waals surface area contributed by atoms with Gasteiger partial charge in [0.05, 0.1) is 6.04 Å². The number of hydrogen-bond acceptors (Lipinski definition) is 6. The molecule has 1 aliphatic heterocycles. The zero-order chi connectivity index (χ0) is 21.5. The molecule has 2 fully saturated rings. The third kappa shape index (κ3) is 3.78. The second kappa shape index (κ2) is 8.16. The molecular weight excluding hydrogens is 390 g/mol. The van der Waals surface area contributed by atoms with Gasteiger partial charge in [-0.3, -0.25) is 9.69 Å². The Morgan fingerprint density at radius 3 is 2.55 bits per heavy atom. The Morgan fingerprint density at radius 2 is 1.81 bits per heavy atom. The molecule has 1 aromatic carbocycles. The lowest BCUT2D eigenvalue weighted by Crippen LogP contribution is -2.47.